The molecule has 2 aromatic heterocycles. The number of fused-ring (bicyclic) bond motifs is 1. The van der Waals surface area contributed by atoms with Crippen LogP contribution in [0.4, 0.5) is 5.69 Å². The maximum Gasteiger partial charge on any atom is 0.257 e. The number of hydrogen-bond donors (Lipinski definition) is 1. The zero-order valence-corrected chi connectivity index (χ0v) is 18.0. The molecule has 4 aromatic rings. The van der Waals surface area contributed by atoms with Crippen molar-refractivity contribution in [1.29, 1.82) is 0 Å². The Morgan fingerprint density at radius 2 is 1.70 bits per heavy atom. The average molecular weight is 441 g/mol. The number of ether oxygens (including phenoxy) is 1. The van der Waals surface area contributed by atoms with Crippen LogP contribution in [0.2, 0.25) is 0 Å². The van der Waals surface area contributed by atoms with Crippen molar-refractivity contribution >= 4 is 28.5 Å². The zero-order chi connectivity index (χ0) is 22.6. The first-order valence-electron chi connectivity index (χ1n) is 10.8. The van der Waals surface area contributed by atoms with Gasteiger partial charge in [0.05, 0.1) is 31.5 Å². The summed E-state index contributed by atoms with van der Waals surface area (Å²) in [5, 5.41) is 8.08. The predicted molar refractivity (Wildman–Crippen MR) is 124 cm³/mol. The van der Waals surface area contributed by atoms with Gasteiger partial charge in [-0.1, -0.05) is 30.3 Å². The number of anilines is 1. The fourth-order valence-corrected chi connectivity index (χ4v) is 3.82. The van der Waals surface area contributed by atoms with Crippen LogP contribution in [0.1, 0.15) is 26.3 Å². The molecule has 0 unspecified atom stereocenters. The zero-order valence-electron chi connectivity index (χ0n) is 18.0. The lowest BCUT2D eigenvalue weighted by Crippen LogP contribution is -2.40. The quantitative estimate of drug-likeness (QED) is 0.514. The molecule has 1 fully saturated rings. The Labute approximate surface area is 190 Å². The van der Waals surface area contributed by atoms with E-state index in [-0.39, 0.29) is 11.8 Å². The van der Waals surface area contributed by atoms with Gasteiger partial charge in [0.1, 0.15) is 0 Å². The highest BCUT2D eigenvalue weighted by Gasteiger charge is 2.18. The van der Waals surface area contributed by atoms with E-state index in [1.807, 2.05) is 35.0 Å². The molecule has 0 radical (unpaired) electrons. The van der Waals surface area contributed by atoms with E-state index in [4.69, 9.17) is 4.74 Å². The summed E-state index contributed by atoms with van der Waals surface area (Å²) in [7, 11) is 0. The molecule has 33 heavy (non-hydrogen) atoms. The van der Waals surface area contributed by atoms with Crippen LogP contribution < -0.4 is 5.32 Å². The second-order valence-corrected chi connectivity index (χ2v) is 7.86. The molecule has 8 nitrogen and oxygen atoms in total. The lowest BCUT2D eigenvalue weighted by atomic mass is 10.1. The Morgan fingerprint density at radius 3 is 2.45 bits per heavy atom. The van der Waals surface area contributed by atoms with Gasteiger partial charge in [0.15, 0.2) is 5.65 Å². The third kappa shape index (κ3) is 4.61. The summed E-state index contributed by atoms with van der Waals surface area (Å²) in [4.78, 5) is 31.6. The number of benzene rings is 2. The minimum Gasteiger partial charge on any atom is -0.378 e. The van der Waals surface area contributed by atoms with E-state index < -0.39 is 0 Å². The van der Waals surface area contributed by atoms with Crippen molar-refractivity contribution in [2.75, 3.05) is 31.6 Å². The average Bonchev–Trinajstić information content (AvgIpc) is 3.27. The van der Waals surface area contributed by atoms with Gasteiger partial charge in [-0.25, -0.2) is 9.67 Å². The number of hydrogen-bond acceptors (Lipinski definition) is 5. The summed E-state index contributed by atoms with van der Waals surface area (Å²) in [5.74, 6) is -0.300. The van der Waals surface area contributed by atoms with Crippen LogP contribution in [0.15, 0.2) is 73.1 Å². The highest BCUT2D eigenvalue weighted by Crippen LogP contribution is 2.17. The Hall–Kier alpha value is -4.04. The number of pyridine rings is 1. The summed E-state index contributed by atoms with van der Waals surface area (Å²) in [5.41, 5.74) is 3.49. The molecule has 0 aliphatic carbocycles. The molecule has 2 aromatic carbocycles. The van der Waals surface area contributed by atoms with E-state index in [1.54, 1.807) is 47.6 Å². The summed E-state index contributed by atoms with van der Waals surface area (Å²) < 4.78 is 7.11. The Morgan fingerprint density at radius 1 is 0.939 bits per heavy atom. The van der Waals surface area contributed by atoms with Crippen LogP contribution in [0.3, 0.4) is 0 Å². The standard InChI is InChI=1S/C25H23N5O3/c31-24(28-22-8-6-19(7-9-22)25(32)29-10-12-33-13-11-29)21-14-20-16-27-30(23(20)26-15-21)17-18-4-2-1-3-5-18/h1-9,14-16H,10-13,17H2,(H,28,31). The summed E-state index contributed by atoms with van der Waals surface area (Å²) >= 11 is 0. The lowest BCUT2D eigenvalue weighted by Gasteiger charge is -2.26. The predicted octanol–water partition coefficient (Wildman–Crippen LogP) is 3.20. The van der Waals surface area contributed by atoms with Gasteiger partial charge in [-0.15, -0.1) is 0 Å². The molecular weight excluding hydrogens is 418 g/mol. The second-order valence-electron chi connectivity index (χ2n) is 7.86. The largest absolute Gasteiger partial charge is 0.378 e. The van der Waals surface area contributed by atoms with E-state index in [0.717, 1.165) is 16.6 Å². The topological polar surface area (TPSA) is 89.3 Å². The van der Waals surface area contributed by atoms with Crippen molar-refractivity contribution in [3.8, 4) is 0 Å². The van der Waals surface area contributed by atoms with Gasteiger partial charge in [0.2, 0.25) is 0 Å². The summed E-state index contributed by atoms with van der Waals surface area (Å²) in [6.07, 6.45) is 3.27. The summed E-state index contributed by atoms with van der Waals surface area (Å²) in [6.45, 7) is 2.91. The normalized spacial score (nSPS) is 13.8. The van der Waals surface area contributed by atoms with Gasteiger partial charge in [0.25, 0.3) is 11.8 Å². The van der Waals surface area contributed by atoms with E-state index in [1.165, 1.54) is 0 Å². The molecule has 1 saturated heterocycles. The van der Waals surface area contributed by atoms with Crippen molar-refractivity contribution in [3.05, 3.63) is 89.7 Å². The van der Waals surface area contributed by atoms with Crippen molar-refractivity contribution in [1.82, 2.24) is 19.7 Å². The third-order valence-electron chi connectivity index (χ3n) is 5.60. The van der Waals surface area contributed by atoms with E-state index >= 15 is 0 Å². The molecule has 1 N–H and O–H groups in total. The lowest BCUT2D eigenvalue weighted by molar-refractivity contribution is 0.0303. The van der Waals surface area contributed by atoms with Crippen molar-refractivity contribution in [2.24, 2.45) is 0 Å². The van der Waals surface area contributed by atoms with Crippen LogP contribution in [-0.2, 0) is 11.3 Å². The molecule has 0 saturated carbocycles. The van der Waals surface area contributed by atoms with Gasteiger partial charge in [-0.2, -0.15) is 5.10 Å². The number of morpholine rings is 1. The van der Waals surface area contributed by atoms with E-state index in [0.29, 0.717) is 49.7 Å². The minimum atomic E-state index is -0.271. The van der Waals surface area contributed by atoms with Gasteiger partial charge < -0.3 is 15.0 Å². The fourth-order valence-electron chi connectivity index (χ4n) is 3.82. The van der Waals surface area contributed by atoms with Crippen LogP contribution >= 0.6 is 0 Å². The van der Waals surface area contributed by atoms with Crippen LogP contribution in [0.5, 0.6) is 0 Å². The maximum atomic E-state index is 12.8. The number of aromatic nitrogens is 3. The molecule has 8 heteroatoms. The number of amides is 2. The molecule has 0 spiro atoms. The molecule has 1 aliphatic heterocycles. The van der Waals surface area contributed by atoms with Crippen molar-refractivity contribution in [2.45, 2.75) is 6.54 Å². The first kappa shape index (κ1) is 20.8. The number of nitrogens with one attached hydrogen (secondary N) is 1. The minimum absolute atomic E-state index is 0.0293. The molecule has 1 aliphatic rings. The number of carbonyl (C=O) groups excluding carboxylic acids is 2. The highest BCUT2D eigenvalue weighted by atomic mass is 16.5. The summed E-state index contributed by atoms with van der Waals surface area (Å²) in [6, 6.07) is 18.7. The van der Waals surface area contributed by atoms with Crippen LogP contribution in [0, 0.1) is 0 Å². The molecule has 3 heterocycles. The Kier molecular flexibility index (Phi) is 5.82. The van der Waals surface area contributed by atoms with E-state index in [9.17, 15) is 9.59 Å². The molecule has 0 atom stereocenters. The monoisotopic (exact) mass is 441 g/mol. The smallest absolute Gasteiger partial charge is 0.257 e. The molecule has 2 amide bonds. The third-order valence-corrected chi connectivity index (χ3v) is 5.60. The van der Waals surface area contributed by atoms with E-state index in [2.05, 4.69) is 15.4 Å². The first-order chi connectivity index (χ1) is 16.2. The molecule has 5 rings (SSSR count). The van der Waals surface area contributed by atoms with Crippen LogP contribution in [0.25, 0.3) is 11.0 Å². The Bertz CT molecular complexity index is 1280. The first-order valence-corrected chi connectivity index (χ1v) is 10.8. The van der Waals surface area contributed by atoms with Gasteiger partial charge >= 0.3 is 0 Å². The van der Waals surface area contributed by atoms with Crippen molar-refractivity contribution in [3.63, 3.8) is 0 Å². The Balaban J connectivity index is 1.26. The van der Waals surface area contributed by atoms with Gasteiger partial charge in [-0.05, 0) is 35.9 Å². The highest BCUT2D eigenvalue weighted by molar-refractivity contribution is 6.05. The molecular formula is C25H23N5O3. The fraction of sp³-hybridized carbons (Fsp3) is 0.200. The molecule has 0 bridgehead atoms. The SMILES string of the molecule is O=C(Nc1ccc(C(=O)N2CCOCC2)cc1)c1cnc2c(cnn2Cc2ccccc2)c1. The number of carbonyl (C=O) groups is 2. The second kappa shape index (κ2) is 9.22. The van der Waals surface area contributed by atoms with Crippen molar-refractivity contribution < 1.29 is 14.3 Å². The molecule has 166 valence electrons. The van der Waals surface area contributed by atoms with Gasteiger partial charge in [0, 0.05) is 35.9 Å². The van der Waals surface area contributed by atoms with Crippen LogP contribution in [-0.4, -0.2) is 57.8 Å². The van der Waals surface area contributed by atoms with Gasteiger partial charge in [-0.3, -0.25) is 9.59 Å². The number of rotatable bonds is 5. The maximum absolute atomic E-state index is 12.8. The number of nitrogens with zero attached hydrogens (tertiary/aromatic N) is 4.